The van der Waals surface area contributed by atoms with Gasteiger partial charge in [0.05, 0.1) is 24.9 Å². The average molecular weight is 582 g/mol. The predicted molar refractivity (Wildman–Crippen MR) is 170 cm³/mol. The van der Waals surface area contributed by atoms with Crippen LogP contribution in [0.4, 0.5) is 0 Å². The third-order valence-corrected chi connectivity index (χ3v) is 9.75. The number of benzene rings is 1. The molecular formula is C36H55NO5. The normalized spacial score (nSPS) is 22.2. The molecule has 3 N–H and O–H groups in total. The molecule has 1 aromatic rings. The highest BCUT2D eigenvalue weighted by Gasteiger charge is 2.38. The lowest BCUT2D eigenvalue weighted by Gasteiger charge is -2.43. The van der Waals surface area contributed by atoms with Gasteiger partial charge >= 0.3 is 0 Å². The fourth-order valence-corrected chi connectivity index (χ4v) is 6.19. The highest BCUT2D eigenvalue weighted by atomic mass is 16.5. The van der Waals surface area contributed by atoms with Gasteiger partial charge < -0.3 is 25.0 Å². The van der Waals surface area contributed by atoms with Crippen molar-refractivity contribution in [1.29, 1.82) is 0 Å². The quantitative estimate of drug-likeness (QED) is 0.169. The number of amides is 1. The fourth-order valence-electron chi connectivity index (χ4n) is 6.19. The summed E-state index contributed by atoms with van der Waals surface area (Å²) in [5, 5.41) is 30.4. The van der Waals surface area contributed by atoms with E-state index in [9.17, 15) is 20.1 Å². The molecule has 6 nitrogen and oxygen atoms in total. The molecule has 0 saturated heterocycles. The molecule has 6 heteroatoms. The number of ether oxygens (including phenoxy) is 1. The van der Waals surface area contributed by atoms with E-state index in [-0.39, 0.29) is 35.9 Å². The van der Waals surface area contributed by atoms with E-state index in [0.717, 1.165) is 55.4 Å². The van der Waals surface area contributed by atoms with Gasteiger partial charge in [-0.15, -0.1) is 0 Å². The first kappa shape index (κ1) is 34.1. The first-order valence-electron chi connectivity index (χ1n) is 16.2. The van der Waals surface area contributed by atoms with Gasteiger partial charge in [-0.3, -0.25) is 4.79 Å². The van der Waals surface area contributed by atoms with Crippen molar-refractivity contribution < 1.29 is 24.9 Å². The van der Waals surface area contributed by atoms with Crippen LogP contribution in [-0.4, -0.2) is 63.6 Å². The summed E-state index contributed by atoms with van der Waals surface area (Å²) in [7, 11) is 0. The summed E-state index contributed by atoms with van der Waals surface area (Å²) in [6, 6.07) is 9.64. The molecular weight excluding hydrogens is 526 g/mol. The van der Waals surface area contributed by atoms with Crippen LogP contribution in [-0.2, 0) is 9.53 Å². The zero-order valence-corrected chi connectivity index (χ0v) is 26.5. The summed E-state index contributed by atoms with van der Waals surface area (Å²) in [4.78, 5) is 15.7. The molecule has 42 heavy (non-hydrogen) atoms. The van der Waals surface area contributed by atoms with E-state index >= 15 is 0 Å². The number of hydrogen-bond acceptors (Lipinski definition) is 5. The Morgan fingerprint density at radius 3 is 2.29 bits per heavy atom. The number of carbonyl (C=O) groups is 1. The highest BCUT2D eigenvalue weighted by Crippen LogP contribution is 2.37. The van der Waals surface area contributed by atoms with E-state index in [0.29, 0.717) is 31.8 Å². The Balaban J connectivity index is 1.52. The molecule has 234 valence electrons. The van der Waals surface area contributed by atoms with Crippen molar-refractivity contribution in [2.45, 2.75) is 117 Å². The molecule has 1 aliphatic carbocycles. The van der Waals surface area contributed by atoms with Crippen molar-refractivity contribution in [3.63, 3.8) is 0 Å². The van der Waals surface area contributed by atoms with Gasteiger partial charge in [0, 0.05) is 24.1 Å². The second-order valence-electron chi connectivity index (χ2n) is 12.9. The van der Waals surface area contributed by atoms with Gasteiger partial charge in [-0.1, -0.05) is 83.0 Å². The van der Waals surface area contributed by atoms with Gasteiger partial charge in [0.2, 0.25) is 0 Å². The Hall–Kier alpha value is -2.41. The fraction of sp³-hybridized carbons (Fsp3) is 0.639. The van der Waals surface area contributed by atoms with Gasteiger partial charge in [-0.2, -0.15) is 0 Å². The van der Waals surface area contributed by atoms with Gasteiger partial charge in [-0.25, -0.2) is 0 Å². The summed E-state index contributed by atoms with van der Waals surface area (Å²) in [5.74, 6) is 1.41. The first-order valence-corrected chi connectivity index (χ1v) is 16.2. The Bertz CT molecular complexity index is 1060. The molecule has 2 aliphatic rings. The van der Waals surface area contributed by atoms with E-state index in [2.05, 4.69) is 52.8 Å². The van der Waals surface area contributed by atoms with Crippen LogP contribution in [0, 0.1) is 17.3 Å². The second kappa shape index (κ2) is 16.4. The Kier molecular flexibility index (Phi) is 13.3. The number of unbranched alkanes of at least 4 members (excludes halogenated alkanes) is 1. The molecule has 0 radical (unpaired) electrons. The lowest BCUT2D eigenvalue weighted by atomic mass is 9.73. The topological polar surface area (TPSA) is 90.2 Å². The third kappa shape index (κ3) is 9.05. The number of aliphatic hydroxyl groups excluding tert-OH is 3. The van der Waals surface area contributed by atoms with Crippen LogP contribution in [0.25, 0.3) is 5.57 Å². The zero-order valence-electron chi connectivity index (χ0n) is 26.5. The van der Waals surface area contributed by atoms with Gasteiger partial charge in [0.25, 0.3) is 5.91 Å². The van der Waals surface area contributed by atoms with Crippen LogP contribution in [0.15, 0.2) is 60.4 Å². The van der Waals surface area contributed by atoms with Crippen LogP contribution in [0.1, 0.15) is 98.0 Å². The number of fused-ring (bicyclic) bond motifs is 1. The minimum Gasteiger partial charge on any atom is -0.494 e. The average Bonchev–Trinajstić information content (AvgIpc) is 2.99. The van der Waals surface area contributed by atoms with E-state index in [1.54, 1.807) is 0 Å². The van der Waals surface area contributed by atoms with Crippen LogP contribution in [0.5, 0.6) is 0 Å². The number of carbonyl (C=O) groups excluding carboxylic acids is 1. The van der Waals surface area contributed by atoms with Crippen LogP contribution < -0.4 is 0 Å². The number of allylic oxidation sites excluding steroid dienone is 1. The molecule has 0 saturated carbocycles. The molecule has 1 aromatic carbocycles. The van der Waals surface area contributed by atoms with Crippen LogP contribution in [0.2, 0.25) is 0 Å². The molecule has 6 unspecified atom stereocenters. The lowest BCUT2D eigenvalue weighted by Crippen LogP contribution is -2.51. The molecule has 3 rings (SSSR count). The van der Waals surface area contributed by atoms with Gasteiger partial charge in [-0.05, 0) is 80.9 Å². The van der Waals surface area contributed by atoms with E-state index in [1.165, 1.54) is 0 Å². The minimum atomic E-state index is -0.709. The SMILES string of the molecule is CCC(C)(CCCC(O)C(O)CCCCOC1=CC2C(C=C1)C=C(c1ccccc1)C(=O)N2C(C)CCCO)C(C)C. The summed E-state index contributed by atoms with van der Waals surface area (Å²) >= 11 is 0. The maximum absolute atomic E-state index is 13.7. The molecule has 0 fully saturated rings. The molecule has 1 heterocycles. The van der Waals surface area contributed by atoms with E-state index in [1.807, 2.05) is 41.3 Å². The van der Waals surface area contributed by atoms with Gasteiger partial charge in [0.15, 0.2) is 0 Å². The maximum atomic E-state index is 13.7. The maximum Gasteiger partial charge on any atom is 0.254 e. The van der Waals surface area contributed by atoms with E-state index < -0.39 is 12.2 Å². The minimum absolute atomic E-state index is 0.00913. The van der Waals surface area contributed by atoms with Crippen molar-refractivity contribution in [3.8, 4) is 0 Å². The summed E-state index contributed by atoms with van der Waals surface area (Å²) in [5.41, 5.74) is 1.92. The van der Waals surface area contributed by atoms with Crippen molar-refractivity contribution in [2.24, 2.45) is 17.3 Å². The second-order valence-corrected chi connectivity index (χ2v) is 12.9. The standard InChI is InChI=1S/C36H55NO5/c1-6-36(5,26(2)3)21-12-18-34(40)33(39)17-10-11-23-42-30-20-19-29-24-31(28-15-8-7-9-16-28)35(41)37(32(29)25-30)27(4)14-13-22-38/h7-9,15-16,19-20,24-27,29,32-34,38-40H,6,10-14,17-18,21-23H2,1-5H3. The van der Waals surface area contributed by atoms with Crippen molar-refractivity contribution in [2.75, 3.05) is 13.2 Å². The largest absolute Gasteiger partial charge is 0.494 e. The monoisotopic (exact) mass is 581 g/mol. The smallest absolute Gasteiger partial charge is 0.254 e. The summed E-state index contributed by atoms with van der Waals surface area (Å²) < 4.78 is 6.10. The first-order chi connectivity index (χ1) is 20.1. The summed E-state index contributed by atoms with van der Waals surface area (Å²) in [6.45, 7) is 11.7. The molecule has 0 bridgehead atoms. The van der Waals surface area contributed by atoms with Crippen LogP contribution in [0.3, 0.4) is 0 Å². The zero-order chi connectivity index (χ0) is 30.7. The Morgan fingerprint density at radius 2 is 1.64 bits per heavy atom. The predicted octanol–water partition coefficient (Wildman–Crippen LogP) is 6.66. The molecule has 6 atom stereocenters. The van der Waals surface area contributed by atoms with E-state index in [4.69, 9.17) is 4.74 Å². The number of nitrogens with zero attached hydrogens (tertiary/aromatic N) is 1. The molecule has 1 aliphatic heterocycles. The van der Waals surface area contributed by atoms with Crippen molar-refractivity contribution >= 4 is 11.5 Å². The molecule has 0 spiro atoms. The molecule has 0 aromatic heterocycles. The molecule has 1 amide bonds. The van der Waals surface area contributed by atoms with Gasteiger partial charge in [0.1, 0.15) is 5.76 Å². The van der Waals surface area contributed by atoms with Crippen molar-refractivity contribution in [3.05, 3.63) is 66.0 Å². The number of aliphatic hydroxyl groups is 3. The lowest BCUT2D eigenvalue weighted by molar-refractivity contribution is -0.130. The number of rotatable bonds is 18. The third-order valence-electron chi connectivity index (χ3n) is 9.75. The van der Waals surface area contributed by atoms with Crippen molar-refractivity contribution in [1.82, 2.24) is 4.90 Å². The Morgan fingerprint density at radius 1 is 0.952 bits per heavy atom. The van der Waals surface area contributed by atoms with Crippen LogP contribution >= 0.6 is 0 Å². The number of hydrogen-bond donors (Lipinski definition) is 3. The Labute approximate surface area is 254 Å². The summed E-state index contributed by atoms with van der Waals surface area (Å²) in [6.07, 6.45) is 14.1. The highest BCUT2D eigenvalue weighted by molar-refractivity contribution is 6.20.